The molecule has 1 N–H and O–H groups in total. The van der Waals surface area contributed by atoms with Crippen LogP contribution in [0.3, 0.4) is 0 Å². The van der Waals surface area contributed by atoms with Gasteiger partial charge in [0.1, 0.15) is 0 Å². The lowest BCUT2D eigenvalue weighted by atomic mass is 10.3. The van der Waals surface area contributed by atoms with Crippen LogP contribution in [0.1, 0.15) is 12.7 Å². The van der Waals surface area contributed by atoms with E-state index in [9.17, 15) is 4.79 Å². The molecule has 0 aliphatic rings. The van der Waals surface area contributed by atoms with Gasteiger partial charge in [-0.2, -0.15) is 4.68 Å². The van der Waals surface area contributed by atoms with E-state index in [1.54, 1.807) is 4.68 Å². The van der Waals surface area contributed by atoms with Crippen molar-refractivity contribution in [3.63, 3.8) is 0 Å². The fraction of sp³-hybridized carbons (Fsp3) is 0.200. The summed E-state index contributed by atoms with van der Waals surface area (Å²) in [7, 11) is 0. The highest BCUT2D eigenvalue weighted by Gasteiger charge is 2.08. The van der Waals surface area contributed by atoms with Crippen molar-refractivity contribution in [2.24, 2.45) is 0 Å². The van der Waals surface area contributed by atoms with Gasteiger partial charge in [0, 0.05) is 11.4 Å². The van der Waals surface area contributed by atoms with Crippen molar-refractivity contribution >= 4 is 21.8 Å². The Kier molecular flexibility index (Phi) is 3.48. The van der Waals surface area contributed by atoms with Crippen LogP contribution in [0.15, 0.2) is 28.7 Å². The molecule has 1 aromatic carbocycles. The third-order valence-electron chi connectivity index (χ3n) is 2.10. The zero-order chi connectivity index (χ0) is 12.3. The van der Waals surface area contributed by atoms with Crippen molar-refractivity contribution in [2.75, 3.05) is 0 Å². The number of aromatic nitrogens is 4. The Labute approximate surface area is 106 Å². The van der Waals surface area contributed by atoms with Crippen LogP contribution in [-0.2, 0) is 11.3 Å². The zero-order valence-corrected chi connectivity index (χ0v) is 10.7. The van der Waals surface area contributed by atoms with E-state index in [1.165, 1.54) is 6.92 Å². The molecule has 7 heteroatoms. The van der Waals surface area contributed by atoms with Crippen molar-refractivity contribution in [1.29, 1.82) is 0 Å². The summed E-state index contributed by atoms with van der Waals surface area (Å²) < 4.78 is 2.57. The Hall–Kier alpha value is -1.76. The number of rotatable bonds is 3. The first-order valence-electron chi connectivity index (χ1n) is 4.94. The third-order valence-corrected chi connectivity index (χ3v) is 2.63. The maximum atomic E-state index is 10.8. The number of nitrogens with zero attached hydrogens (tertiary/aromatic N) is 4. The molecule has 6 nitrogen and oxygen atoms in total. The summed E-state index contributed by atoms with van der Waals surface area (Å²) in [5.74, 6) is 0.470. The molecule has 0 radical (unpaired) electrons. The van der Waals surface area contributed by atoms with Gasteiger partial charge in [0.15, 0.2) is 5.82 Å². The summed E-state index contributed by atoms with van der Waals surface area (Å²) in [5, 5.41) is 14.0. The third kappa shape index (κ3) is 2.88. The Bertz CT molecular complexity index is 522. The lowest BCUT2D eigenvalue weighted by Gasteiger charge is -2.04. The zero-order valence-electron chi connectivity index (χ0n) is 9.09. The van der Waals surface area contributed by atoms with Crippen LogP contribution in [0.5, 0.6) is 0 Å². The minimum atomic E-state index is -0.115. The van der Waals surface area contributed by atoms with Gasteiger partial charge in [-0.1, -0.05) is 15.9 Å². The first kappa shape index (κ1) is 11.7. The summed E-state index contributed by atoms with van der Waals surface area (Å²) in [6, 6.07) is 7.58. The minimum Gasteiger partial charge on any atom is -0.349 e. The van der Waals surface area contributed by atoms with Gasteiger partial charge in [-0.3, -0.25) is 4.79 Å². The summed E-state index contributed by atoms with van der Waals surface area (Å²) >= 11 is 3.36. The minimum absolute atomic E-state index is 0.115. The van der Waals surface area contributed by atoms with Gasteiger partial charge in [0.05, 0.1) is 12.2 Å². The van der Waals surface area contributed by atoms with Crippen LogP contribution >= 0.6 is 15.9 Å². The van der Waals surface area contributed by atoms with Crippen LogP contribution in [0, 0.1) is 0 Å². The molecule has 2 rings (SSSR count). The number of tetrazole rings is 1. The van der Waals surface area contributed by atoms with Crippen LogP contribution in [0.25, 0.3) is 5.69 Å². The smallest absolute Gasteiger partial charge is 0.217 e. The van der Waals surface area contributed by atoms with Crippen LogP contribution in [0.2, 0.25) is 0 Å². The molecule has 0 unspecified atom stereocenters. The number of benzene rings is 1. The highest BCUT2D eigenvalue weighted by Crippen LogP contribution is 2.13. The van der Waals surface area contributed by atoms with Crippen LogP contribution < -0.4 is 5.32 Å². The summed E-state index contributed by atoms with van der Waals surface area (Å²) in [6.07, 6.45) is 0. The highest BCUT2D eigenvalue weighted by atomic mass is 79.9. The standard InChI is InChI=1S/C10H10BrN5O/c1-7(17)12-6-10-13-14-15-16(10)9-4-2-8(11)3-5-9/h2-5H,6H2,1H3,(H,12,17). The summed E-state index contributed by atoms with van der Waals surface area (Å²) in [4.78, 5) is 10.8. The second kappa shape index (κ2) is 5.05. The molecular formula is C10H10BrN5O. The van der Waals surface area contributed by atoms with E-state index in [0.717, 1.165) is 10.2 Å². The van der Waals surface area contributed by atoms with Crippen molar-refractivity contribution in [1.82, 2.24) is 25.5 Å². The Balaban J connectivity index is 2.24. The van der Waals surface area contributed by atoms with Crippen LogP contribution in [-0.4, -0.2) is 26.1 Å². The van der Waals surface area contributed by atoms with Gasteiger partial charge in [-0.25, -0.2) is 0 Å². The van der Waals surface area contributed by atoms with Gasteiger partial charge < -0.3 is 5.32 Å². The molecule has 0 aliphatic carbocycles. The second-order valence-electron chi connectivity index (χ2n) is 3.39. The first-order valence-corrected chi connectivity index (χ1v) is 5.74. The van der Waals surface area contributed by atoms with E-state index in [1.807, 2.05) is 24.3 Å². The summed E-state index contributed by atoms with van der Waals surface area (Å²) in [5.41, 5.74) is 0.846. The molecule has 1 heterocycles. The molecular weight excluding hydrogens is 286 g/mol. The van der Waals surface area contributed by atoms with E-state index < -0.39 is 0 Å². The largest absolute Gasteiger partial charge is 0.349 e. The predicted octanol–water partition coefficient (Wildman–Crippen LogP) is 1.06. The Morgan fingerprint density at radius 3 is 2.76 bits per heavy atom. The lowest BCUT2D eigenvalue weighted by Crippen LogP contribution is -2.21. The molecule has 0 bridgehead atoms. The van der Waals surface area contributed by atoms with Gasteiger partial charge in [-0.05, 0) is 34.7 Å². The monoisotopic (exact) mass is 295 g/mol. The van der Waals surface area contributed by atoms with E-state index in [4.69, 9.17) is 0 Å². The molecule has 0 spiro atoms. The van der Waals surface area contributed by atoms with Gasteiger partial charge in [0.2, 0.25) is 5.91 Å². The fourth-order valence-corrected chi connectivity index (χ4v) is 1.57. The first-order chi connectivity index (χ1) is 8.16. The van der Waals surface area contributed by atoms with Crippen molar-refractivity contribution < 1.29 is 4.79 Å². The van der Waals surface area contributed by atoms with Gasteiger partial charge >= 0.3 is 0 Å². The van der Waals surface area contributed by atoms with E-state index in [2.05, 4.69) is 36.8 Å². The number of nitrogens with one attached hydrogen (secondary N) is 1. The Morgan fingerprint density at radius 2 is 2.12 bits per heavy atom. The normalized spacial score (nSPS) is 10.2. The van der Waals surface area contributed by atoms with Crippen molar-refractivity contribution in [3.05, 3.63) is 34.6 Å². The highest BCUT2D eigenvalue weighted by molar-refractivity contribution is 9.10. The molecule has 0 saturated heterocycles. The number of carbonyl (C=O) groups excluding carboxylic acids is 1. The Morgan fingerprint density at radius 1 is 1.41 bits per heavy atom. The van der Waals surface area contributed by atoms with Gasteiger partial charge in [-0.15, -0.1) is 5.10 Å². The van der Waals surface area contributed by atoms with Crippen molar-refractivity contribution in [2.45, 2.75) is 13.5 Å². The maximum Gasteiger partial charge on any atom is 0.217 e. The number of halogens is 1. The molecule has 88 valence electrons. The summed E-state index contributed by atoms with van der Waals surface area (Å²) in [6.45, 7) is 1.76. The number of amides is 1. The number of hydrogen-bond acceptors (Lipinski definition) is 4. The quantitative estimate of drug-likeness (QED) is 0.919. The molecule has 1 aromatic heterocycles. The average Bonchev–Trinajstić information content (AvgIpc) is 2.75. The van der Waals surface area contributed by atoms with Gasteiger partial charge in [0.25, 0.3) is 0 Å². The molecule has 0 fully saturated rings. The van der Waals surface area contributed by atoms with Crippen molar-refractivity contribution in [3.8, 4) is 5.69 Å². The predicted molar refractivity (Wildman–Crippen MR) is 64.4 cm³/mol. The molecule has 0 atom stereocenters. The van der Waals surface area contributed by atoms with E-state index in [-0.39, 0.29) is 5.91 Å². The molecule has 0 aliphatic heterocycles. The molecule has 1 amide bonds. The second-order valence-corrected chi connectivity index (χ2v) is 4.31. The molecule has 17 heavy (non-hydrogen) atoms. The average molecular weight is 296 g/mol. The van der Waals surface area contributed by atoms with E-state index >= 15 is 0 Å². The molecule has 0 saturated carbocycles. The van der Waals surface area contributed by atoms with E-state index in [0.29, 0.717) is 12.4 Å². The number of hydrogen-bond donors (Lipinski definition) is 1. The fourth-order valence-electron chi connectivity index (χ4n) is 1.30. The molecule has 2 aromatic rings. The lowest BCUT2D eigenvalue weighted by molar-refractivity contribution is -0.119. The number of carbonyl (C=O) groups is 1. The topological polar surface area (TPSA) is 72.7 Å². The SMILES string of the molecule is CC(=O)NCc1nnnn1-c1ccc(Br)cc1. The maximum absolute atomic E-state index is 10.8. The van der Waals surface area contributed by atoms with Crippen LogP contribution in [0.4, 0.5) is 0 Å².